The molecule has 2 rings (SSSR count). The number of nitrogens with zero attached hydrogens (tertiary/aromatic N) is 2. The standard InChI is InChI=1S/C10H9F3N2O/c1-6-3-15-4-8(10(11,12)13)2-7(5-16)9(15)14-6/h2-4,16H,5H2,1H3. The molecule has 6 heteroatoms. The third kappa shape index (κ3) is 1.76. The number of fused-ring (bicyclic) bond motifs is 1. The highest BCUT2D eigenvalue weighted by molar-refractivity contribution is 5.50. The summed E-state index contributed by atoms with van der Waals surface area (Å²) in [6, 6.07) is 0.918. The molecule has 0 amide bonds. The molecule has 0 aromatic carbocycles. The van der Waals surface area contributed by atoms with Crippen LogP contribution in [0.15, 0.2) is 18.5 Å². The van der Waals surface area contributed by atoms with Crippen LogP contribution in [0.4, 0.5) is 13.2 Å². The summed E-state index contributed by atoms with van der Waals surface area (Å²) in [6.07, 6.45) is -1.96. The smallest absolute Gasteiger partial charge is 0.392 e. The van der Waals surface area contributed by atoms with E-state index in [0.717, 1.165) is 12.3 Å². The molecule has 2 aromatic heterocycles. The monoisotopic (exact) mass is 230 g/mol. The topological polar surface area (TPSA) is 37.5 Å². The van der Waals surface area contributed by atoms with Crippen LogP contribution in [0.1, 0.15) is 16.8 Å². The van der Waals surface area contributed by atoms with Gasteiger partial charge in [-0.1, -0.05) is 0 Å². The van der Waals surface area contributed by atoms with Gasteiger partial charge in [-0.05, 0) is 13.0 Å². The third-order valence-corrected chi connectivity index (χ3v) is 2.25. The van der Waals surface area contributed by atoms with E-state index in [1.807, 2.05) is 0 Å². The van der Waals surface area contributed by atoms with Gasteiger partial charge in [-0.25, -0.2) is 4.98 Å². The van der Waals surface area contributed by atoms with Crippen LogP contribution in [0.3, 0.4) is 0 Å². The number of aromatic nitrogens is 2. The third-order valence-electron chi connectivity index (χ3n) is 2.25. The minimum Gasteiger partial charge on any atom is -0.392 e. The first kappa shape index (κ1) is 10.9. The summed E-state index contributed by atoms with van der Waals surface area (Å²) in [6.45, 7) is 1.21. The lowest BCUT2D eigenvalue weighted by Crippen LogP contribution is -2.08. The Bertz CT molecular complexity index is 531. The molecular formula is C10H9F3N2O. The number of pyridine rings is 1. The van der Waals surface area contributed by atoms with Gasteiger partial charge < -0.3 is 9.51 Å². The molecule has 2 heterocycles. The number of rotatable bonds is 1. The van der Waals surface area contributed by atoms with E-state index in [1.54, 1.807) is 6.92 Å². The van der Waals surface area contributed by atoms with Gasteiger partial charge in [0.1, 0.15) is 5.65 Å². The summed E-state index contributed by atoms with van der Waals surface area (Å²) in [4.78, 5) is 4.04. The summed E-state index contributed by atoms with van der Waals surface area (Å²) in [5.41, 5.74) is 0.339. The normalized spacial score (nSPS) is 12.3. The lowest BCUT2D eigenvalue weighted by atomic mass is 10.2. The van der Waals surface area contributed by atoms with Gasteiger partial charge in [-0.2, -0.15) is 13.2 Å². The summed E-state index contributed by atoms with van der Waals surface area (Å²) < 4.78 is 38.9. The molecule has 1 N–H and O–H groups in total. The van der Waals surface area contributed by atoms with Crippen molar-refractivity contribution in [2.24, 2.45) is 0 Å². The Hall–Kier alpha value is -1.56. The SMILES string of the molecule is Cc1cn2cc(C(F)(F)F)cc(CO)c2n1. The molecule has 0 aliphatic heterocycles. The van der Waals surface area contributed by atoms with Crippen LogP contribution in [-0.4, -0.2) is 14.5 Å². The van der Waals surface area contributed by atoms with Crippen LogP contribution >= 0.6 is 0 Å². The molecule has 0 bridgehead atoms. The molecule has 0 saturated heterocycles. The van der Waals surface area contributed by atoms with Gasteiger partial charge in [-0.3, -0.25) is 0 Å². The van der Waals surface area contributed by atoms with E-state index in [4.69, 9.17) is 5.11 Å². The number of aryl methyl sites for hydroxylation is 1. The largest absolute Gasteiger partial charge is 0.417 e. The maximum atomic E-state index is 12.5. The second-order valence-corrected chi connectivity index (χ2v) is 3.52. The van der Waals surface area contributed by atoms with E-state index < -0.39 is 18.3 Å². The van der Waals surface area contributed by atoms with Gasteiger partial charge in [0.05, 0.1) is 17.9 Å². The molecule has 0 atom stereocenters. The first-order valence-electron chi connectivity index (χ1n) is 4.58. The molecule has 0 fully saturated rings. The molecule has 2 aromatic rings. The Kier molecular flexibility index (Phi) is 2.38. The van der Waals surface area contributed by atoms with Crippen molar-refractivity contribution in [2.45, 2.75) is 19.7 Å². The summed E-state index contributed by atoms with van der Waals surface area (Å²) in [5, 5.41) is 9.01. The van der Waals surface area contributed by atoms with Crippen molar-refractivity contribution in [3.05, 3.63) is 35.3 Å². The predicted molar refractivity (Wildman–Crippen MR) is 50.9 cm³/mol. The highest BCUT2D eigenvalue weighted by Crippen LogP contribution is 2.30. The first-order valence-corrected chi connectivity index (χ1v) is 4.58. The van der Waals surface area contributed by atoms with Crippen LogP contribution < -0.4 is 0 Å². The van der Waals surface area contributed by atoms with Crippen LogP contribution in [-0.2, 0) is 12.8 Å². The van der Waals surface area contributed by atoms with E-state index in [2.05, 4.69) is 4.98 Å². The van der Waals surface area contributed by atoms with Crippen molar-refractivity contribution in [2.75, 3.05) is 0 Å². The van der Waals surface area contributed by atoms with Gasteiger partial charge in [-0.15, -0.1) is 0 Å². The number of alkyl halides is 3. The van der Waals surface area contributed by atoms with Crippen LogP contribution in [0.2, 0.25) is 0 Å². The van der Waals surface area contributed by atoms with Gasteiger partial charge in [0.2, 0.25) is 0 Å². The van der Waals surface area contributed by atoms with Crippen molar-refractivity contribution in [1.29, 1.82) is 0 Å². The van der Waals surface area contributed by atoms with Crippen molar-refractivity contribution in [3.63, 3.8) is 0 Å². The summed E-state index contributed by atoms with van der Waals surface area (Å²) in [7, 11) is 0. The Morgan fingerprint density at radius 3 is 2.62 bits per heavy atom. The van der Waals surface area contributed by atoms with E-state index >= 15 is 0 Å². The number of aliphatic hydroxyl groups excluding tert-OH is 1. The van der Waals surface area contributed by atoms with Crippen molar-refractivity contribution in [1.82, 2.24) is 9.38 Å². The van der Waals surface area contributed by atoms with Crippen LogP contribution in [0, 0.1) is 6.92 Å². The molecule has 0 saturated carbocycles. The Morgan fingerprint density at radius 2 is 2.06 bits per heavy atom. The van der Waals surface area contributed by atoms with Crippen molar-refractivity contribution < 1.29 is 18.3 Å². The molecule has 16 heavy (non-hydrogen) atoms. The van der Waals surface area contributed by atoms with Gasteiger partial charge in [0.15, 0.2) is 0 Å². The molecule has 0 aliphatic rings. The van der Waals surface area contributed by atoms with Gasteiger partial charge in [0, 0.05) is 18.0 Å². The lowest BCUT2D eigenvalue weighted by Gasteiger charge is -2.09. The number of hydrogen-bond acceptors (Lipinski definition) is 2. The van der Waals surface area contributed by atoms with E-state index in [1.165, 1.54) is 10.6 Å². The molecule has 86 valence electrons. The fourth-order valence-corrected chi connectivity index (χ4v) is 1.56. The predicted octanol–water partition coefficient (Wildman–Crippen LogP) is 2.15. The minimum atomic E-state index is -4.42. The highest BCUT2D eigenvalue weighted by Gasteiger charge is 2.31. The number of aliphatic hydroxyl groups is 1. The quantitative estimate of drug-likeness (QED) is 0.815. The van der Waals surface area contributed by atoms with Crippen LogP contribution in [0.25, 0.3) is 5.65 Å². The Labute approximate surface area is 89.2 Å². The van der Waals surface area contributed by atoms with Gasteiger partial charge in [0.25, 0.3) is 0 Å². The second kappa shape index (κ2) is 3.48. The molecule has 0 unspecified atom stereocenters. The minimum absolute atomic E-state index is 0.169. The maximum Gasteiger partial charge on any atom is 0.417 e. The average Bonchev–Trinajstić information content (AvgIpc) is 2.54. The highest BCUT2D eigenvalue weighted by atomic mass is 19.4. The molecular weight excluding hydrogens is 221 g/mol. The van der Waals surface area contributed by atoms with Crippen molar-refractivity contribution >= 4 is 5.65 Å². The number of hydrogen-bond donors (Lipinski definition) is 1. The second-order valence-electron chi connectivity index (χ2n) is 3.52. The number of halogens is 3. The Balaban J connectivity index is 2.72. The zero-order valence-corrected chi connectivity index (χ0v) is 8.41. The lowest BCUT2D eigenvalue weighted by molar-refractivity contribution is -0.137. The Morgan fingerprint density at radius 1 is 1.38 bits per heavy atom. The first-order chi connectivity index (χ1) is 7.41. The van der Waals surface area contributed by atoms with E-state index in [0.29, 0.717) is 11.3 Å². The van der Waals surface area contributed by atoms with E-state index in [9.17, 15) is 13.2 Å². The molecule has 0 radical (unpaired) electrons. The maximum absolute atomic E-state index is 12.5. The van der Waals surface area contributed by atoms with E-state index in [-0.39, 0.29) is 5.56 Å². The molecule has 3 nitrogen and oxygen atoms in total. The van der Waals surface area contributed by atoms with Crippen molar-refractivity contribution in [3.8, 4) is 0 Å². The average molecular weight is 230 g/mol. The fourth-order valence-electron chi connectivity index (χ4n) is 1.56. The van der Waals surface area contributed by atoms with Gasteiger partial charge >= 0.3 is 6.18 Å². The van der Waals surface area contributed by atoms with Crippen LogP contribution in [0.5, 0.6) is 0 Å². The zero-order valence-electron chi connectivity index (χ0n) is 8.41. The summed E-state index contributed by atoms with van der Waals surface area (Å²) >= 11 is 0. The zero-order chi connectivity index (χ0) is 11.9. The molecule has 0 aliphatic carbocycles. The fraction of sp³-hybridized carbons (Fsp3) is 0.300. The molecule has 0 spiro atoms. The summed E-state index contributed by atoms with van der Waals surface area (Å²) in [5.74, 6) is 0. The number of imidazole rings is 1.